The van der Waals surface area contributed by atoms with E-state index in [0.717, 1.165) is 11.3 Å². The predicted octanol–water partition coefficient (Wildman–Crippen LogP) is 3.91. The maximum Gasteiger partial charge on any atom is 0.0343 e. The first kappa shape index (κ1) is 11.2. The van der Waals surface area contributed by atoms with Crippen LogP contribution in [0.15, 0.2) is 29.7 Å². The summed E-state index contributed by atoms with van der Waals surface area (Å²) in [6, 6.07) is 6.25. The van der Waals surface area contributed by atoms with E-state index in [1.165, 1.54) is 5.56 Å². The van der Waals surface area contributed by atoms with Crippen LogP contribution in [0.2, 0.25) is 0 Å². The summed E-state index contributed by atoms with van der Waals surface area (Å²) in [5, 5.41) is 2.61. The first-order valence-corrected chi connectivity index (χ1v) is 5.72. The van der Waals surface area contributed by atoms with Gasteiger partial charge in [-0.2, -0.15) is 0 Å². The standard InChI is InChI=1S/C12H17NS/c1-4-7-14-10(3)11-5-6-12(13)9(2)8-11/h4-8,10H,13H2,1-3H3/b7-4-. The third kappa shape index (κ3) is 2.81. The summed E-state index contributed by atoms with van der Waals surface area (Å²) in [6.07, 6.45) is 2.06. The van der Waals surface area contributed by atoms with Gasteiger partial charge in [-0.05, 0) is 43.4 Å². The van der Waals surface area contributed by atoms with E-state index in [1.54, 1.807) is 0 Å². The fourth-order valence-corrected chi connectivity index (χ4v) is 1.92. The quantitative estimate of drug-likeness (QED) is 0.761. The summed E-state index contributed by atoms with van der Waals surface area (Å²) >= 11 is 1.82. The molecule has 0 spiro atoms. The van der Waals surface area contributed by atoms with E-state index in [4.69, 9.17) is 5.73 Å². The molecule has 0 aliphatic carbocycles. The third-order valence-corrected chi connectivity index (χ3v) is 3.29. The highest BCUT2D eigenvalue weighted by Crippen LogP contribution is 2.30. The fourth-order valence-electron chi connectivity index (χ4n) is 1.23. The van der Waals surface area contributed by atoms with Crippen LogP contribution in [0.3, 0.4) is 0 Å². The molecule has 14 heavy (non-hydrogen) atoms. The van der Waals surface area contributed by atoms with Crippen LogP contribution in [0.1, 0.15) is 30.2 Å². The molecular weight excluding hydrogens is 190 g/mol. The molecule has 2 N–H and O–H groups in total. The normalized spacial score (nSPS) is 13.4. The Balaban J connectivity index is 2.80. The zero-order valence-corrected chi connectivity index (χ0v) is 9.77. The van der Waals surface area contributed by atoms with Crippen molar-refractivity contribution in [2.45, 2.75) is 26.0 Å². The number of aryl methyl sites for hydroxylation is 1. The lowest BCUT2D eigenvalue weighted by Crippen LogP contribution is -1.93. The maximum absolute atomic E-state index is 5.77. The molecule has 0 aromatic heterocycles. The third-order valence-electron chi connectivity index (χ3n) is 2.18. The van der Waals surface area contributed by atoms with Gasteiger partial charge >= 0.3 is 0 Å². The topological polar surface area (TPSA) is 26.0 Å². The molecule has 1 aromatic carbocycles. The van der Waals surface area contributed by atoms with E-state index in [9.17, 15) is 0 Å². The predicted molar refractivity (Wildman–Crippen MR) is 66.4 cm³/mol. The number of nitrogens with two attached hydrogens (primary N) is 1. The Kier molecular flexibility index (Phi) is 4.08. The van der Waals surface area contributed by atoms with Crippen LogP contribution in [0.5, 0.6) is 0 Å². The minimum atomic E-state index is 0.491. The minimum absolute atomic E-state index is 0.491. The first-order valence-electron chi connectivity index (χ1n) is 4.77. The smallest absolute Gasteiger partial charge is 0.0343 e. The molecule has 76 valence electrons. The second-order valence-electron chi connectivity index (χ2n) is 3.36. The second kappa shape index (κ2) is 5.11. The zero-order valence-electron chi connectivity index (χ0n) is 8.95. The number of thioether (sulfide) groups is 1. The molecule has 0 bridgehead atoms. The van der Waals surface area contributed by atoms with Crippen molar-refractivity contribution < 1.29 is 0 Å². The molecule has 1 aromatic rings. The number of anilines is 1. The molecule has 0 saturated carbocycles. The van der Waals surface area contributed by atoms with Crippen LogP contribution in [0.4, 0.5) is 5.69 Å². The van der Waals surface area contributed by atoms with Gasteiger partial charge in [-0.25, -0.2) is 0 Å². The summed E-state index contributed by atoms with van der Waals surface area (Å²) in [6.45, 7) is 6.29. The highest BCUT2D eigenvalue weighted by Gasteiger charge is 2.04. The van der Waals surface area contributed by atoms with Crippen molar-refractivity contribution >= 4 is 17.4 Å². The maximum atomic E-state index is 5.77. The van der Waals surface area contributed by atoms with Crippen LogP contribution < -0.4 is 5.73 Å². The molecule has 0 fully saturated rings. The van der Waals surface area contributed by atoms with Gasteiger partial charge in [-0.3, -0.25) is 0 Å². The van der Waals surface area contributed by atoms with Crippen molar-refractivity contribution in [3.05, 3.63) is 40.8 Å². The van der Waals surface area contributed by atoms with Gasteiger partial charge in [0.15, 0.2) is 0 Å². The van der Waals surface area contributed by atoms with Crippen molar-refractivity contribution in [2.75, 3.05) is 5.73 Å². The lowest BCUT2D eigenvalue weighted by molar-refractivity contribution is 1.10. The Hall–Kier alpha value is -0.890. The molecule has 1 unspecified atom stereocenters. The van der Waals surface area contributed by atoms with E-state index in [1.807, 2.05) is 31.7 Å². The Morgan fingerprint density at radius 1 is 1.43 bits per heavy atom. The number of allylic oxidation sites excluding steroid dienone is 1. The molecule has 0 radical (unpaired) electrons. The zero-order chi connectivity index (χ0) is 10.6. The van der Waals surface area contributed by atoms with Crippen molar-refractivity contribution in [3.63, 3.8) is 0 Å². The van der Waals surface area contributed by atoms with E-state index < -0.39 is 0 Å². The Morgan fingerprint density at radius 2 is 2.14 bits per heavy atom. The Labute approximate surface area is 90.4 Å². The highest BCUT2D eigenvalue weighted by molar-refractivity contribution is 8.02. The largest absolute Gasteiger partial charge is 0.399 e. The van der Waals surface area contributed by atoms with E-state index in [2.05, 4.69) is 30.5 Å². The molecular formula is C12H17NS. The van der Waals surface area contributed by atoms with Crippen molar-refractivity contribution in [2.24, 2.45) is 0 Å². The number of benzene rings is 1. The van der Waals surface area contributed by atoms with Crippen molar-refractivity contribution in [3.8, 4) is 0 Å². The molecule has 0 aliphatic rings. The van der Waals surface area contributed by atoms with Crippen molar-refractivity contribution in [1.29, 1.82) is 0 Å². The van der Waals surface area contributed by atoms with Gasteiger partial charge in [0, 0.05) is 10.9 Å². The van der Waals surface area contributed by atoms with Gasteiger partial charge in [0.1, 0.15) is 0 Å². The number of nitrogen functional groups attached to an aromatic ring is 1. The van der Waals surface area contributed by atoms with Gasteiger partial charge in [0.25, 0.3) is 0 Å². The molecule has 0 saturated heterocycles. The molecule has 1 nitrogen and oxygen atoms in total. The van der Waals surface area contributed by atoms with E-state index >= 15 is 0 Å². The van der Waals surface area contributed by atoms with E-state index in [-0.39, 0.29) is 0 Å². The van der Waals surface area contributed by atoms with Gasteiger partial charge < -0.3 is 5.73 Å². The average molecular weight is 207 g/mol. The lowest BCUT2D eigenvalue weighted by Gasteiger charge is -2.10. The summed E-state index contributed by atoms with van der Waals surface area (Å²) < 4.78 is 0. The second-order valence-corrected chi connectivity index (χ2v) is 4.62. The minimum Gasteiger partial charge on any atom is -0.399 e. The Bertz CT molecular complexity index is 331. The highest BCUT2D eigenvalue weighted by atomic mass is 32.2. The summed E-state index contributed by atoms with van der Waals surface area (Å²) in [4.78, 5) is 0. The van der Waals surface area contributed by atoms with Crippen LogP contribution in [0.25, 0.3) is 0 Å². The molecule has 1 atom stereocenters. The lowest BCUT2D eigenvalue weighted by atomic mass is 10.1. The van der Waals surface area contributed by atoms with Crippen molar-refractivity contribution in [1.82, 2.24) is 0 Å². The van der Waals surface area contributed by atoms with Gasteiger partial charge in [-0.15, -0.1) is 11.8 Å². The SMILES string of the molecule is C/C=C\SC(C)c1ccc(N)c(C)c1. The molecule has 0 amide bonds. The summed E-state index contributed by atoms with van der Waals surface area (Å²) in [5.41, 5.74) is 9.14. The van der Waals surface area contributed by atoms with Crippen LogP contribution in [0, 0.1) is 6.92 Å². The molecule has 1 rings (SSSR count). The van der Waals surface area contributed by atoms with Gasteiger partial charge in [-0.1, -0.05) is 18.2 Å². The fraction of sp³-hybridized carbons (Fsp3) is 0.333. The average Bonchev–Trinajstić information content (AvgIpc) is 2.18. The number of hydrogen-bond acceptors (Lipinski definition) is 2. The van der Waals surface area contributed by atoms with Gasteiger partial charge in [0.2, 0.25) is 0 Å². The summed E-state index contributed by atoms with van der Waals surface area (Å²) in [5.74, 6) is 0. The molecule has 0 heterocycles. The molecule has 2 heteroatoms. The van der Waals surface area contributed by atoms with Crippen LogP contribution >= 0.6 is 11.8 Å². The van der Waals surface area contributed by atoms with Crippen LogP contribution in [-0.2, 0) is 0 Å². The Morgan fingerprint density at radius 3 is 2.71 bits per heavy atom. The monoisotopic (exact) mass is 207 g/mol. The molecule has 0 aliphatic heterocycles. The number of rotatable bonds is 3. The van der Waals surface area contributed by atoms with E-state index in [0.29, 0.717) is 5.25 Å². The first-order chi connectivity index (χ1) is 6.65. The van der Waals surface area contributed by atoms with Gasteiger partial charge in [0.05, 0.1) is 0 Å². The van der Waals surface area contributed by atoms with Crippen LogP contribution in [-0.4, -0.2) is 0 Å². The number of hydrogen-bond donors (Lipinski definition) is 1. The summed E-state index contributed by atoms with van der Waals surface area (Å²) in [7, 11) is 0.